The van der Waals surface area contributed by atoms with E-state index < -0.39 is 17.8 Å². The quantitative estimate of drug-likeness (QED) is 0.640. The van der Waals surface area contributed by atoms with Crippen LogP contribution in [0.3, 0.4) is 0 Å². The number of nitrogens with one attached hydrogen (secondary N) is 1. The third-order valence-electron chi connectivity index (χ3n) is 3.82. The van der Waals surface area contributed by atoms with E-state index in [4.69, 9.17) is 10.2 Å². The number of carboxylic acids is 2. The number of carbonyl (C=O) groups is 3. The van der Waals surface area contributed by atoms with Crippen molar-refractivity contribution in [3.05, 3.63) is 83.7 Å². The summed E-state index contributed by atoms with van der Waals surface area (Å²) >= 11 is 0. The first-order valence-corrected chi connectivity index (χ1v) is 7.87. The minimum atomic E-state index is -1.28. The number of amides is 1. The smallest absolute Gasteiger partial charge is 0.335 e. The molecule has 7 heteroatoms. The predicted molar refractivity (Wildman–Crippen MR) is 98.0 cm³/mol. The minimum Gasteiger partial charge on any atom is -0.478 e. The molecular formula is C20H14N2O5. The lowest BCUT2D eigenvalue weighted by Crippen LogP contribution is -2.13. The molecule has 0 aliphatic carbocycles. The lowest BCUT2D eigenvalue weighted by atomic mass is 10.0. The topological polar surface area (TPSA) is 117 Å². The molecule has 1 heterocycles. The molecule has 7 nitrogen and oxygen atoms in total. The number of carbonyl (C=O) groups excluding carboxylic acids is 1. The van der Waals surface area contributed by atoms with Crippen LogP contribution >= 0.6 is 0 Å². The number of nitrogens with zero attached hydrogens (tertiary/aromatic N) is 1. The van der Waals surface area contributed by atoms with Crippen LogP contribution in [0.15, 0.2) is 67.0 Å². The Labute approximate surface area is 153 Å². The highest BCUT2D eigenvalue weighted by atomic mass is 16.4. The SMILES string of the molecule is O=C(O)c1cc(NC(=O)c2cccc(-c3ccncc3)c2)cc(C(=O)O)c1. The van der Waals surface area contributed by atoms with Crippen LogP contribution in [0.1, 0.15) is 31.1 Å². The molecule has 27 heavy (non-hydrogen) atoms. The molecule has 2 aromatic carbocycles. The zero-order valence-electron chi connectivity index (χ0n) is 13.9. The molecule has 3 aromatic rings. The summed E-state index contributed by atoms with van der Waals surface area (Å²) in [6.45, 7) is 0. The summed E-state index contributed by atoms with van der Waals surface area (Å²) < 4.78 is 0. The highest BCUT2D eigenvalue weighted by molar-refractivity contribution is 6.06. The Kier molecular flexibility index (Phi) is 4.94. The van der Waals surface area contributed by atoms with E-state index in [1.807, 2.05) is 18.2 Å². The molecule has 0 bridgehead atoms. The summed E-state index contributed by atoms with van der Waals surface area (Å²) in [7, 11) is 0. The fourth-order valence-corrected chi connectivity index (χ4v) is 2.53. The molecule has 0 atom stereocenters. The van der Waals surface area contributed by atoms with Crippen molar-refractivity contribution < 1.29 is 24.6 Å². The Morgan fingerprint density at radius 3 is 1.96 bits per heavy atom. The summed E-state index contributed by atoms with van der Waals surface area (Å²) in [6, 6.07) is 13.9. The highest BCUT2D eigenvalue weighted by Gasteiger charge is 2.14. The van der Waals surface area contributed by atoms with Gasteiger partial charge in [-0.15, -0.1) is 0 Å². The first kappa shape index (κ1) is 17.8. The first-order valence-electron chi connectivity index (χ1n) is 7.87. The number of benzene rings is 2. The number of pyridine rings is 1. The minimum absolute atomic E-state index is 0.0895. The second-order valence-corrected chi connectivity index (χ2v) is 5.68. The highest BCUT2D eigenvalue weighted by Crippen LogP contribution is 2.21. The second kappa shape index (κ2) is 7.49. The lowest BCUT2D eigenvalue weighted by Gasteiger charge is -2.09. The molecule has 0 unspecified atom stereocenters. The third kappa shape index (κ3) is 4.16. The number of rotatable bonds is 5. The van der Waals surface area contributed by atoms with Gasteiger partial charge in [0, 0.05) is 23.6 Å². The molecule has 0 spiro atoms. The van der Waals surface area contributed by atoms with Gasteiger partial charge in [0.1, 0.15) is 0 Å². The maximum Gasteiger partial charge on any atom is 0.335 e. The van der Waals surface area contributed by atoms with Gasteiger partial charge in [-0.1, -0.05) is 12.1 Å². The van der Waals surface area contributed by atoms with E-state index in [2.05, 4.69) is 10.3 Å². The van der Waals surface area contributed by atoms with Gasteiger partial charge in [0.25, 0.3) is 5.91 Å². The summed E-state index contributed by atoms with van der Waals surface area (Å²) in [5.41, 5.74) is 1.69. The van der Waals surface area contributed by atoms with Gasteiger partial charge >= 0.3 is 11.9 Å². The summed E-state index contributed by atoms with van der Waals surface area (Å²) in [6.07, 6.45) is 3.29. The van der Waals surface area contributed by atoms with E-state index in [9.17, 15) is 14.4 Å². The van der Waals surface area contributed by atoms with E-state index in [1.165, 1.54) is 12.1 Å². The molecule has 0 radical (unpaired) electrons. The molecule has 3 rings (SSSR count). The first-order chi connectivity index (χ1) is 12.9. The predicted octanol–water partition coefficient (Wildman–Crippen LogP) is 3.40. The van der Waals surface area contributed by atoms with Crippen LogP contribution in [-0.4, -0.2) is 33.0 Å². The Balaban J connectivity index is 1.90. The average molecular weight is 362 g/mol. The molecule has 1 amide bonds. The van der Waals surface area contributed by atoms with Crippen LogP contribution in [-0.2, 0) is 0 Å². The maximum absolute atomic E-state index is 12.5. The number of hydrogen-bond acceptors (Lipinski definition) is 4. The van der Waals surface area contributed by atoms with Crippen molar-refractivity contribution in [2.75, 3.05) is 5.32 Å². The largest absolute Gasteiger partial charge is 0.478 e. The summed E-state index contributed by atoms with van der Waals surface area (Å²) in [4.78, 5) is 38.8. The van der Waals surface area contributed by atoms with Gasteiger partial charge in [-0.25, -0.2) is 9.59 Å². The second-order valence-electron chi connectivity index (χ2n) is 5.68. The van der Waals surface area contributed by atoms with Gasteiger partial charge in [-0.3, -0.25) is 9.78 Å². The normalized spacial score (nSPS) is 10.2. The number of aromatic nitrogens is 1. The number of anilines is 1. The zero-order valence-corrected chi connectivity index (χ0v) is 13.9. The van der Waals surface area contributed by atoms with Gasteiger partial charge in [0.15, 0.2) is 0 Å². The number of aromatic carboxylic acids is 2. The Hall–Kier alpha value is -4.00. The van der Waals surface area contributed by atoms with Crippen molar-refractivity contribution in [2.24, 2.45) is 0 Å². The molecule has 0 saturated carbocycles. The standard InChI is InChI=1S/C20H14N2O5/c23-18(14-3-1-2-13(8-14)12-4-6-21-7-5-12)22-17-10-15(19(24)25)9-16(11-17)20(26)27/h1-11H,(H,22,23)(H,24,25)(H,26,27). The van der Waals surface area contributed by atoms with Crippen molar-refractivity contribution in [3.63, 3.8) is 0 Å². The maximum atomic E-state index is 12.5. The zero-order chi connectivity index (χ0) is 19.4. The Bertz CT molecular complexity index is 999. The van der Waals surface area contributed by atoms with E-state index >= 15 is 0 Å². The fraction of sp³-hybridized carbons (Fsp3) is 0. The van der Waals surface area contributed by atoms with Gasteiger partial charge in [-0.05, 0) is 53.6 Å². The third-order valence-corrected chi connectivity index (χ3v) is 3.82. The van der Waals surface area contributed by atoms with Crippen molar-refractivity contribution in [1.82, 2.24) is 4.98 Å². The number of hydrogen-bond donors (Lipinski definition) is 3. The molecule has 0 fully saturated rings. The molecular weight excluding hydrogens is 348 g/mol. The van der Waals surface area contributed by atoms with Gasteiger partial charge < -0.3 is 15.5 Å². The lowest BCUT2D eigenvalue weighted by molar-refractivity contribution is 0.0696. The summed E-state index contributed by atoms with van der Waals surface area (Å²) in [5, 5.41) is 20.8. The van der Waals surface area contributed by atoms with Gasteiger partial charge in [0.2, 0.25) is 0 Å². The van der Waals surface area contributed by atoms with Crippen LogP contribution in [0.25, 0.3) is 11.1 Å². The Morgan fingerprint density at radius 1 is 0.741 bits per heavy atom. The van der Waals surface area contributed by atoms with E-state index in [-0.39, 0.29) is 16.8 Å². The van der Waals surface area contributed by atoms with E-state index in [0.29, 0.717) is 5.56 Å². The Morgan fingerprint density at radius 2 is 1.37 bits per heavy atom. The van der Waals surface area contributed by atoms with E-state index in [1.54, 1.807) is 30.6 Å². The number of carboxylic acid groups (broad SMARTS) is 2. The van der Waals surface area contributed by atoms with Crippen LogP contribution in [0.2, 0.25) is 0 Å². The van der Waals surface area contributed by atoms with Crippen molar-refractivity contribution in [3.8, 4) is 11.1 Å². The van der Waals surface area contributed by atoms with E-state index in [0.717, 1.165) is 17.2 Å². The fourth-order valence-electron chi connectivity index (χ4n) is 2.53. The molecule has 1 aromatic heterocycles. The van der Waals surface area contributed by atoms with Crippen LogP contribution in [0, 0.1) is 0 Å². The molecule has 0 saturated heterocycles. The van der Waals surface area contributed by atoms with Gasteiger partial charge in [0.05, 0.1) is 11.1 Å². The molecule has 0 aliphatic heterocycles. The van der Waals surface area contributed by atoms with Crippen molar-refractivity contribution in [2.45, 2.75) is 0 Å². The molecule has 134 valence electrons. The molecule has 3 N–H and O–H groups in total. The van der Waals surface area contributed by atoms with Crippen molar-refractivity contribution >= 4 is 23.5 Å². The monoisotopic (exact) mass is 362 g/mol. The van der Waals surface area contributed by atoms with Crippen LogP contribution < -0.4 is 5.32 Å². The van der Waals surface area contributed by atoms with Gasteiger partial charge in [-0.2, -0.15) is 0 Å². The van der Waals surface area contributed by atoms with Crippen LogP contribution in [0.5, 0.6) is 0 Å². The molecule has 0 aliphatic rings. The summed E-state index contributed by atoms with van der Waals surface area (Å²) in [5.74, 6) is -3.05. The van der Waals surface area contributed by atoms with Crippen molar-refractivity contribution in [1.29, 1.82) is 0 Å². The van der Waals surface area contributed by atoms with Crippen LogP contribution in [0.4, 0.5) is 5.69 Å². The average Bonchev–Trinajstić information content (AvgIpc) is 2.68.